The summed E-state index contributed by atoms with van der Waals surface area (Å²) in [4.78, 5) is 0. The summed E-state index contributed by atoms with van der Waals surface area (Å²) in [5.41, 5.74) is 0.691. The van der Waals surface area contributed by atoms with Gasteiger partial charge in [0.2, 0.25) is 0 Å². The molecule has 0 aliphatic rings. The SMILES string of the molecule is CCC(C)(C)OCc1ccc(F)c(C#N)c1. The van der Waals surface area contributed by atoms with Gasteiger partial charge in [0.05, 0.1) is 17.8 Å². The van der Waals surface area contributed by atoms with E-state index in [0.717, 1.165) is 12.0 Å². The van der Waals surface area contributed by atoms with Crippen LogP contribution in [0.1, 0.15) is 38.3 Å². The molecule has 86 valence electrons. The fourth-order valence-corrected chi connectivity index (χ4v) is 1.13. The third-order valence-corrected chi connectivity index (χ3v) is 2.63. The normalized spacial score (nSPS) is 11.2. The number of nitriles is 1. The highest BCUT2D eigenvalue weighted by Crippen LogP contribution is 2.17. The van der Waals surface area contributed by atoms with E-state index in [-0.39, 0.29) is 11.2 Å². The van der Waals surface area contributed by atoms with E-state index in [2.05, 4.69) is 0 Å². The molecule has 0 atom stereocenters. The highest BCUT2D eigenvalue weighted by Gasteiger charge is 2.15. The maximum Gasteiger partial charge on any atom is 0.140 e. The summed E-state index contributed by atoms with van der Waals surface area (Å²) in [7, 11) is 0. The lowest BCUT2D eigenvalue weighted by Gasteiger charge is -2.23. The van der Waals surface area contributed by atoms with Crippen LogP contribution in [0.3, 0.4) is 0 Å². The summed E-state index contributed by atoms with van der Waals surface area (Å²) in [6.07, 6.45) is 0.902. The average Bonchev–Trinajstić information content (AvgIpc) is 2.28. The summed E-state index contributed by atoms with van der Waals surface area (Å²) in [6, 6.07) is 6.29. The molecule has 0 aliphatic carbocycles. The van der Waals surface area contributed by atoms with Crippen LogP contribution in [0, 0.1) is 17.1 Å². The molecular formula is C13H16FNO. The molecule has 0 aromatic heterocycles. The van der Waals surface area contributed by atoms with Crippen molar-refractivity contribution in [1.29, 1.82) is 5.26 Å². The van der Waals surface area contributed by atoms with Gasteiger partial charge in [-0.15, -0.1) is 0 Å². The summed E-state index contributed by atoms with van der Waals surface area (Å²) < 4.78 is 18.7. The van der Waals surface area contributed by atoms with E-state index < -0.39 is 5.82 Å². The quantitative estimate of drug-likeness (QED) is 0.780. The zero-order valence-corrected chi connectivity index (χ0v) is 9.88. The van der Waals surface area contributed by atoms with E-state index in [1.165, 1.54) is 12.1 Å². The lowest BCUT2D eigenvalue weighted by Crippen LogP contribution is -2.22. The first kappa shape index (κ1) is 12.7. The smallest absolute Gasteiger partial charge is 0.140 e. The lowest BCUT2D eigenvalue weighted by atomic mass is 10.1. The Labute approximate surface area is 95.7 Å². The zero-order valence-electron chi connectivity index (χ0n) is 9.88. The van der Waals surface area contributed by atoms with Gasteiger partial charge in [-0.3, -0.25) is 0 Å². The van der Waals surface area contributed by atoms with Crippen molar-refractivity contribution in [3.05, 3.63) is 35.1 Å². The van der Waals surface area contributed by atoms with Gasteiger partial charge in [-0.05, 0) is 38.0 Å². The number of hydrogen-bond donors (Lipinski definition) is 0. The molecule has 0 fully saturated rings. The van der Waals surface area contributed by atoms with Gasteiger partial charge in [-0.25, -0.2) is 4.39 Å². The van der Waals surface area contributed by atoms with Crippen LogP contribution < -0.4 is 0 Å². The third-order valence-electron chi connectivity index (χ3n) is 2.63. The maximum atomic E-state index is 13.0. The summed E-state index contributed by atoms with van der Waals surface area (Å²) in [5, 5.41) is 8.69. The van der Waals surface area contributed by atoms with Gasteiger partial charge in [-0.2, -0.15) is 5.26 Å². The second kappa shape index (κ2) is 5.09. The van der Waals surface area contributed by atoms with Crippen LogP contribution >= 0.6 is 0 Å². The molecule has 0 radical (unpaired) electrons. The fraction of sp³-hybridized carbons (Fsp3) is 0.462. The van der Waals surface area contributed by atoms with Crippen molar-refractivity contribution >= 4 is 0 Å². The largest absolute Gasteiger partial charge is 0.371 e. The first-order valence-corrected chi connectivity index (χ1v) is 5.31. The van der Waals surface area contributed by atoms with Crippen molar-refractivity contribution in [3.8, 4) is 6.07 Å². The monoisotopic (exact) mass is 221 g/mol. The molecule has 2 nitrogen and oxygen atoms in total. The van der Waals surface area contributed by atoms with Crippen molar-refractivity contribution in [2.75, 3.05) is 0 Å². The molecule has 0 spiro atoms. The van der Waals surface area contributed by atoms with Crippen LogP contribution in [0.4, 0.5) is 4.39 Å². The predicted octanol–water partition coefficient (Wildman–Crippen LogP) is 3.40. The van der Waals surface area contributed by atoms with Crippen LogP contribution in [0.25, 0.3) is 0 Å². The van der Waals surface area contributed by atoms with Gasteiger partial charge in [-0.1, -0.05) is 13.0 Å². The Kier molecular flexibility index (Phi) is 4.03. The van der Waals surface area contributed by atoms with Gasteiger partial charge in [0.15, 0.2) is 0 Å². The first-order chi connectivity index (χ1) is 7.48. The first-order valence-electron chi connectivity index (χ1n) is 5.31. The average molecular weight is 221 g/mol. The van der Waals surface area contributed by atoms with Crippen LogP contribution in [-0.4, -0.2) is 5.60 Å². The van der Waals surface area contributed by atoms with E-state index in [1.54, 1.807) is 6.07 Å². The van der Waals surface area contributed by atoms with Crippen LogP contribution in [0.2, 0.25) is 0 Å². The molecule has 1 aromatic carbocycles. The van der Waals surface area contributed by atoms with Gasteiger partial charge < -0.3 is 4.74 Å². The van der Waals surface area contributed by atoms with E-state index in [1.807, 2.05) is 26.8 Å². The number of hydrogen-bond acceptors (Lipinski definition) is 2. The molecule has 16 heavy (non-hydrogen) atoms. The maximum absolute atomic E-state index is 13.0. The van der Waals surface area contributed by atoms with Crippen molar-refractivity contribution in [2.24, 2.45) is 0 Å². The van der Waals surface area contributed by atoms with E-state index >= 15 is 0 Å². The predicted molar refractivity (Wildman–Crippen MR) is 60.3 cm³/mol. The Balaban J connectivity index is 2.73. The Bertz CT molecular complexity index is 407. The van der Waals surface area contributed by atoms with Crippen molar-refractivity contribution in [2.45, 2.75) is 39.4 Å². The van der Waals surface area contributed by atoms with Gasteiger partial charge >= 0.3 is 0 Å². The number of nitrogens with zero attached hydrogens (tertiary/aromatic N) is 1. The van der Waals surface area contributed by atoms with Crippen molar-refractivity contribution in [3.63, 3.8) is 0 Å². The van der Waals surface area contributed by atoms with Gasteiger partial charge in [0.25, 0.3) is 0 Å². The minimum Gasteiger partial charge on any atom is -0.371 e. The number of halogens is 1. The molecule has 0 N–H and O–H groups in total. The molecule has 0 aliphatic heterocycles. The second-order valence-electron chi connectivity index (χ2n) is 4.33. The van der Waals surface area contributed by atoms with E-state index in [9.17, 15) is 4.39 Å². The molecule has 0 amide bonds. The summed E-state index contributed by atoms with van der Waals surface area (Å²) >= 11 is 0. The molecule has 1 aromatic rings. The molecule has 0 unspecified atom stereocenters. The molecule has 0 saturated carbocycles. The zero-order chi connectivity index (χ0) is 12.2. The minimum atomic E-state index is -0.485. The van der Waals surface area contributed by atoms with E-state index in [0.29, 0.717) is 6.61 Å². The topological polar surface area (TPSA) is 33.0 Å². The number of benzene rings is 1. The van der Waals surface area contributed by atoms with Gasteiger partial charge in [0, 0.05) is 0 Å². The number of ether oxygens (including phenoxy) is 1. The Morgan fingerprint density at radius 1 is 1.44 bits per heavy atom. The third kappa shape index (κ3) is 3.32. The van der Waals surface area contributed by atoms with Crippen LogP contribution in [-0.2, 0) is 11.3 Å². The van der Waals surface area contributed by atoms with Crippen LogP contribution in [0.15, 0.2) is 18.2 Å². The Hall–Kier alpha value is -1.40. The van der Waals surface area contributed by atoms with Crippen LogP contribution in [0.5, 0.6) is 0 Å². The summed E-state index contributed by atoms with van der Waals surface area (Å²) in [6.45, 7) is 6.45. The highest BCUT2D eigenvalue weighted by molar-refractivity contribution is 5.34. The van der Waals surface area contributed by atoms with Crippen molar-refractivity contribution < 1.29 is 9.13 Å². The number of rotatable bonds is 4. The molecule has 0 bridgehead atoms. The Morgan fingerprint density at radius 3 is 2.69 bits per heavy atom. The molecule has 0 saturated heterocycles. The minimum absolute atomic E-state index is 0.0652. The fourth-order valence-electron chi connectivity index (χ4n) is 1.13. The standard InChI is InChI=1S/C13H16FNO/c1-4-13(2,3)16-9-10-5-6-12(14)11(7-10)8-15/h5-7H,4,9H2,1-3H3. The van der Waals surface area contributed by atoms with E-state index in [4.69, 9.17) is 10.00 Å². The molecular weight excluding hydrogens is 205 g/mol. The summed E-state index contributed by atoms with van der Waals surface area (Å²) in [5.74, 6) is -0.485. The van der Waals surface area contributed by atoms with Crippen molar-refractivity contribution in [1.82, 2.24) is 0 Å². The second-order valence-corrected chi connectivity index (χ2v) is 4.33. The molecule has 0 heterocycles. The molecule has 1 rings (SSSR count). The molecule has 3 heteroatoms. The van der Waals surface area contributed by atoms with Gasteiger partial charge in [0.1, 0.15) is 11.9 Å². The highest BCUT2D eigenvalue weighted by atomic mass is 19.1. The Morgan fingerprint density at radius 2 is 2.12 bits per heavy atom. The lowest BCUT2D eigenvalue weighted by molar-refractivity contribution is -0.0316.